The van der Waals surface area contributed by atoms with Crippen molar-refractivity contribution < 1.29 is 0 Å². The molecular weight excluding hydrogens is 250 g/mol. The van der Waals surface area contributed by atoms with Gasteiger partial charge in [0.2, 0.25) is 0 Å². The molecule has 2 N–H and O–H groups in total. The van der Waals surface area contributed by atoms with Gasteiger partial charge in [-0.3, -0.25) is 9.78 Å². The molecule has 4 nitrogen and oxygen atoms in total. The fourth-order valence-corrected chi connectivity index (χ4v) is 2.99. The molecule has 2 heterocycles. The van der Waals surface area contributed by atoms with E-state index >= 15 is 0 Å². The summed E-state index contributed by atoms with van der Waals surface area (Å²) in [6, 6.07) is 9.31. The molecule has 1 aliphatic carbocycles. The quantitative estimate of drug-likeness (QED) is 0.853. The molecule has 0 atom stereocenters. The van der Waals surface area contributed by atoms with Crippen LogP contribution in [0.4, 0.5) is 0 Å². The smallest absolute Gasteiger partial charge is 0.269 e. The first-order valence-corrected chi connectivity index (χ1v) is 7.19. The third kappa shape index (κ3) is 2.46. The van der Waals surface area contributed by atoms with Gasteiger partial charge in [0, 0.05) is 29.4 Å². The molecular formula is C16H19N3O. The maximum absolute atomic E-state index is 12.1. The summed E-state index contributed by atoms with van der Waals surface area (Å²) >= 11 is 0. The molecule has 1 aliphatic rings. The lowest BCUT2D eigenvalue weighted by atomic mass is 9.86. The minimum atomic E-state index is -0.159. The van der Waals surface area contributed by atoms with Gasteiger partial charge in [-0.25, -0.2) is 4.68 Å². The summed E-state index contributed by atoms with van der Waals surface area (Å²) in [5.74, 6) is 6.34. The monoisotopic (exact) mass is 269 g/mol. The summed E-state index contributed by atoms with van der Waals surface area (Å²) in [4.78, 5) is 16.4. The second-order valence-electron chi connectivity index (χ2n) is 5.43. The average Bonchev–Trinajstić information content (AvgIpc) is 2.51. The highest BCUT2D eigenvalue weighted by molar-refractivity contribution is 5.59. The van der Waals surface area contributed by atoms with Crippen LogP contribution in [0.15, 0.2) is 41.3 Å². The third-order valence-corrected chi connectivity index (χ3v) is 4.08. The standard InChI is InChI=1S/C16H19N3O/c17-19-15(12-6-2-1-3-7-12)10-13(11-16(19)20)14-8-4-5-9-18-14/h4-5,8-12H,1-3,6-7,17H2. The molecule has 3 rings (SSSR count). The zero-order valence-electron chi connectivity index (χ0n) is 11.5. The first-order chi connectivity index (χ1) is 9.75. The first-order valence-electron chi connectivity index (χ1n) is 7.19. The molecule has 0 aromatic carbocycles. The first kappa shape index (κ1) is 12.9. The van der Waals surface area contributed by atoms with Crippen molar-refractivity contribution in [2.24, 2.45) is 0 Å². The Balaban J connectivity index is 2.06. The highest BCUT2D eigenvalue weighted by Gasteiger charge is 2.19. The van der Waals surface area contributed by atoms with Crippen LogP contribution in [0.3, 0.4) is 0 Å². The SMILES string of the molecule is Nn1c(C2CCCCC2)cc(-c2ccccn2)cc1=O. The van der Waals surface area contributed by atoms with Crippen molar-refractivity contribution in [3.63, 3.8) is 0 Å². The third-order valence-electron chi connectivity index (χ3n) is 4.08. The second kappa shape index (κ2) is 5.49. The summed E-state index contributed by atoms with van der Waals surface area (Å²) in [7, 11) is 0. The van der Waals surface area contributed by atoms with Gasteiger partial charge in [-0.2, -0.15) is 0 Å². The highest BCUT2D eigenvalue weighted by atomic mass is 16.1. The normalized spacial score (nSPS) is 16.2. The maximum atomic E-state index is 12.1. The van der Waals surface area contributed by atoms with Crippen molar-refractivity contribution in [3.05, 3.63) is 52.6 Å². The number of hydrogen-bond donors (Lipinski definition) is 1. The Bertz CT molecular complexity index is 643. The molecule has 20 heavy (non-hydrogen) atoms. The van der Waals surface area contributed by atoms with Gasteiger partial charge in [-0.15, -0.1) is 0 Å². The Labute approximate surface area is 118 Å². The summed E-state index contributed by atoms with van der Waals surface area (Å²) in [5.41, 5.74) is 2.46. The van der Waals surface area contributed by atoms with Gasteiger partial charge >= 0.3 is 0 Å². The van der Waals surface area contributed by atoms with Gasteiger partial charge in [0.25, 0.3) is 5.56 Å². The highest BCUT2D eigenvalue weighted by Crippen LogP contribution is 2.32. The fourth-order valence-electron chi connectivity index (χ4n) is 2.99. The second-order valence-corrected chi connectivity index (χ2v) is 5.43. The van der Waals surface area contributed by atoms with Gasteiger partial charge in [0.15, 0.2) is 0 Å². The summed E-state index contributed by atoms with van der Waals surface area (Å²) in [6.07, 6.45) is 7.68. The van der Waals surface area contributed by atoms with Crippen molar-refractivity contribution in [2.75, 3.05) is 5.84 Å². The largest absolute Gasteiger partial charge is 0.336 e. The van der Waals surface area contributed by atoms with E-state index in [9.17, 15) is 4.79 Å². The minimum absolute atomic E-state index is 0.159. The molecule has 2 aromatic heterocycles. The van der Waals surface area contributed by atoms with E-state index in [1.807, 2.05) is 24.3 Å². The Morgan fingerprint density at radius 2 is 1.95 bits per heavy atom. The fraction of sp³-hybridized carbons (Fsp3) is 0.375. The topological polar surface area (TPSA) is 60.9 Å². The van der Waals surface area contributed by atoms with E-state index in [2.05, 4.69) is 4.98 Å². The van der Waals surface area contributed by atoms with Crippen LogP contribution in [-0.4, -0.2) is 9.66 Å². The Morgan fingerprint density at radius 3 is 2.65 bits per heavy atom. The summed E-state index contributed by atoms with van der Waals surface area (Å²) < 4.78 is 1.31. The molecule has 0 amide bonds. The van der Waals surface area contributed by atoms with Crippen LogP contribution in [0.2, 0.25) is 0 Å². The molecule has 0 saturated heterocycles. The number of rotatable bonds is 2. The van der Waals surface area contributed by atoms with E-state index < -0.39 is 0 Å². The molecule has 0 bridgehead atoms. The molecule has 0 aliphatic heterocycles. The predicted octanol–water partition coefficient (Wildman–Crippen LogP) is 2.67. The van der Waals surface area contributed by atoms with Crippen LogP contribution >= 0.6 is 0 Å². The number of nitrogen functional groups attached to an aromatic ring is 1. The van der Waals surface area contributed by atoms with Crippen LogP contribution < -0.4 is 11.4 Å². The molecule has 0 radical (unpaired) electrons. The van der Waals surface area contributed by atoms with Crippen LogP contribution in [0.1, 0.15) is 43.7 Å². The molecule has 4 heteroatoms. The van der Waals surface area contributed by atoms with Crippen molar-refractivity contribution in [1.29, 1.82) is 0 Å². The van der Waals surface area contributed by atoms with Crippen LogP contribution in [-0.2, 0) is 0 Å². The van der Waals surface area contributed by atoms with Crippen LogP contribution in [0.25, 0.3) is 11.3 Å². The number of nitrogens with two attached hydrogens (primary N) is 1. The molecule has 2 aromatic rings. The predicted molar refractivity (Wildman–Crippen MR) is 79.9 cm³/mol. The van der Waals surface area contributed by atoms with E-state index in [1.54, 1.807) is 12.3 Å². The van der Waals surface area contributed by atoms with Crippen LogP contribution in [0.5, 0.6) is 0 Å². The summed E-state index contributed by atoms with van der Waals surface area (Å²) in [5, 5.41) is 0. The zero-order valence-corrected chi connectivity index (χ0v) is 11.5. The number of pyridine rings is 2. The van der Waals surface area contributed by atoms with Crippen molar-refractivity contribution in [3.8, 4) is 11.3 Å². The number of aromatic nitrogens is 2. The van der Waals surface area contributed by atoms with Gasteiger partial charge in [0.1, 0.15) is 0 Å². The van der Waals surface area contributed by atoms with Crippen molar-refractivity contribution >= 4 is 0 Å². The van der Waals surface area contributed by atoms with Gasteiger partial charge in [0.05, 0.1) is 5.69 Å². The molecule has 104 valence electrons. The Kier molecular flexibility index (Phi) is 3.54. The van der Waals surface area contributed by atoms with Crippen molar-refractivity contribution in [1.82, 2.24) is 9.66 Å². The lowest BCUT2D eigenvalue weighted by Crippen LogP contribution is -2.31. The molecule has 1 saturated carbocycles. The molecule has 0 unspecified atom stereocenters. The average molecular weight is 269 g/mol. The lowest BCUT2D eigenvalue weighted by Gasteiger charge is -2.24. The molecule has 0 spiro atoms. The van der Waals surface area contributed by atoms with E-state index in [1.165, 1.54) is 23.9 Å². The maximum Gasteiger partial charge on any atom is 0.269 e. The zero-order chi connectivity index (χ0) is 13.9. The lowest BCUT2D eigenvalue weighted by molar-refractivity contribution is 0.428. The Hall–Kier alpha value is -2.10. The molecule has 1 fully saturated rings. The van der Waals surface area contributed by atoms with E-state index in [0.29, 0.717) is 5.92 Å². The summed E-state index contributed by atoms with van der Waals surface area (Å²) in [6.45, 7) is 0. The van der Waals surface area contributed by atoms with Crippen molar-refractivity contribution in [2.45, 2.75) is 38.0 Å². The minimum Gasteiger partial charge on any atom is -0.336 e. The number of hydrogen-bond acceptors (Lipinski definition) is 3. The van der Waals surface area contributed by atoms with E-state index in [4.69, 9.17) is 5.84 Å². The van der Waals surface area contributed by atoms with Gasteiger partial charge in [-0.05, 0) is 31.0 Å². The van der Waals surface area contributed by atoms with E-state index in [0.717, 1.165) is 29.8 Å². The number of nitrogens with zero attached hydrogens (tertiary/aromatic N) is 2. The van der Waals surface area contributed by atoms with Crippen LogP contribution in [0, 0.1) is 0 Å². The van der Waals surface area contributed by atoms with E-state index in [-0.39, 0.29) is 5.56 Å². The van der Waals surface area contributed by atoms with Gasteiger partial charge in [-0.1, -0.05) is 25.3 Å². The Morgan fingerprint density at radius 1 is 1.15 bits per heavy atom. The van der Waals surface area contributed by atoms with Gasteiger partial charge < -0.3 is 5.84 Å².